The Morgan fingerprint density at radius 2 is 1.74 bits per heavy atom. The van der Waals surface area contributed by atoms with Crippen LogP contribution in [0.4, 0.5) is 0 Å². The fourth-order valence-corrected chi connectivity index (χ4v) is 4.74. The molecule has 0 aliphatic carbocycles. The van der Waals surface area contributed by atoms with E-state index in [4.69, 9.17) is 16.4 Å². The lowest BCUT2D eigenvalue weighted by atomic mass is 10.2. The van der Waals surface area contributed by atoms with Crippen LogP contribution in [0.5, 0.6) is 5.75 Å². The van der Waals surface area contributed by atoms with Gasteiger partial charge in [-0.1, -0.05) is 53.8 Å². The molecule has 0 spiro atoms. The van der Waals surface area contributed by atoms with Gasteiger partial charge in [-0.05, 0) is 49.8 Å². The summed E-state index contributed by atoms with van der Waals surface area (Å²) in [5, 5.41) is 0. The Kier molecular flexibility index (Phi) is 5.69. The average Bonchev–Trinajstić information content (AvgIpc) is 2.89. The Bertz CT molecular complexity index is 1010. The predicted molar refractivity (Wildman–Crippen MR) is 111 cm³/mol. The Labute approximate surface area is 168 Å². The minimum absolute atomic E-state index is 0.0976. The molecule has 1 heterocycles. The van der Waals surface area contributed by atoms with Crippen molar-refractivity contribution < 1.29 is 17.4 Å². The summed E-state index contributed by atoms with van der Waals surface area (Å²) in [5.74, 6) is 0.0867. The second kappa shape index (κ2) is 7.84. The van der Waals surface area contributed by atoms with Crippen molar-refractivity contribution in [3.05, 3.63) is 64.6 Å². The largest absolute Gasteiger partial charge is 0.379 e. The molecule has 140 valence electrons. The highest BCUT2D eigenvalue weighted by atomic mass is 32.2. The molecule has 2 aromatic carbocycles. The van der Waals surface area contributed by atoms with Gasteiger partial charge in [0.05, 0.1) is 4.91 Å². The first-order valence-electron chi connectivity index (χ1n) is 8.17. The Hall–Kier alpha value is -2.16. The molecule has 0 radical (unpaired) electrons. The monoisotopic (exact) mass is 419 g/mol. The molecule has 0 bridgehead atoms. The molecular formula is C19H17NO4S3. The van der Waals surface area contributed by atoms with Crippen molar-refractivity contribution in [2.75, 3.05) is 6.54 Å². The molecule has 1 aliphatic heterocycles. The highest BCUT2D eigenvalue weighted by Crippen LogP contribution is 2.32. The zero-order valence-electron chi connectivity index (χ0n) is 14.7. The van der Waals surface area contributed by atoms with Crippen LogP contribution in [0, 0.1) is 6.92 Å². The fourth-order valence-electron chi connectivity index (χ4n) is 2.42. The van der Waals surface area contributed by atoms with Gasteiger partial charge in [-0.15, -0.1) is 0 Å². The number of thioether (sulfide) groups is 1. The van der Waals surface area contributed by atoms with E-state index in [-0.39, 0.29) is 16.6 Å². The number of amides is 1. The maximum absolute atomic E-state index is 12.3. The minimum atomic E-state index is -3.89. The third kappa shape index (κ3) is 4.40. The molecule has 0 N–H and O–H groups in total. The lowest BCUT2D eigenvalue weighted by Gasteiger charge is -2.09. The topological polar surface area (TPSA) is 63.7 Å². The number of carbonyl (C=O) groups excluding carboxylic acids is 1. The molecular weight excluding hydrogens is 402 g/mol. The van der Waals surface area contributed by atoms with Crippen molar-refractivity contribution in [2.45, 2.75) is 18.7 Å². The van der Waals surface area contributed by atoms with E-state index in [0.717, 1.165) is 11.1 Å². The first-order chi connectivity index (χ1) is 12.8. The summed E-state index contributed by atoms with van der Waals surface area (Å²) in [4.78, 5) is 14.4. The second-order valence-electron chi connectivity index (χ2n) is 5.85. The van der Waals surface area contributed by atoms with E-state index in [1.165, 1.54) is 28.8 Å². The van der Waals surface area contributed by atoms with Gasteiger partial charge in [0.25, 0.3) is 5.91 Å². The van der Waals surface area contributed by atoms with Crippen LogP contribution in [0.25, 0.3) is 6.08 Å². The number of hydrogen-bond donors (Lipinski definition) is 0. The average molecular weight is 420 g/mol. The number of aryl methyl sites for hydroxylation is 1. The molecule has 1 aliphatic rings. The molecule has 0 saturated carbocycles. The van der Waals surface area contributed by atoms with E-state index < -0.39 is 10.1 Å². The number of nitrogens with zero attached hydrogens (tertiary/aromatic N) is 1. The number of rotatable bonds is 5. The van der Waals surface area contributed by atoms with Crippen LogP contribution in [-0.4, -0.2) is 30.1 Å². The maximum Gasteiger partial charge on any atom is 0.339 e. The summed E-state index contributed by atoms with van der Waals surface area (Å²) < 4.78 is 30.4. The van der Waals surface area contributed by atoms with Crippen LogP contribution in [0.3, 0.4) is 0 Å². The standard InChI is InChI=1S/C19H17NO4S3/c1-3-20-18(21)17(26-19(20)25)12-14-6-8-15(9-7-14)24-27(22,23)16-10-4-13(2)5-11-16/h4-12H,3H2,1-2H3/b17-12+. The van der Waals surface area contributed by atoms with Gasteiger partial charge in [-0.2, -0.15) is 8.42 Å². The summed E-state index contributed by atoms with van der Waals surface area (Å²) in [6, 6.07) is 12.9. The molecule has 3 rings (SSSR count). The van der Waals surface area contributed by atoms with E-state index in [2.05, 4.69) is 0 Å². The van der Waals surface area contributed by atoms with Gasteiger partial charge >= 0.3 is 10.1 Å². The molecule has 27 heavy (non-hydrogen) atoms. The summed E-state index contributed by atoms with van der Waals surface area (Å²) in [5.41, 5.74) is 1.72. The number of carbonyl (C=O) groups is 1. The third-order valence-electron chi connectivity index (χ3n) is 3.88. The lowest BCUT2D eigenvalue weighted by Crippen LogP contribution is -2.27. The van der Waals surface area contributed by atoms with Crippen LogP contribution in [0.2, 0.25) is 0 Å². The summed E-state index contributed by atoms with van der Waals surface area (Å²) in [6.45, 7) is 4.28. The Balaban J connectivity index is 1.76. The van der Waals surface area contributed by atoms with Gasteiger partial charge in [0.15, 0.2) is 0 Å². The van der Waals surface area contributed by atoms with Crippen molar-refractivity contribution >= 4 is 50.4 Å². The zero-order valence-corrected chi connectivity index (χ0v) is 17.2. The van der Waals surface area contributed by atoms with Gasteiger partial charge in [0.1, 0.15) is 15.0 Å². The SMILES string of the molecule is CCN1C(=O)/C(=C\c2ccc(OS(=O)(=O)c3ccc(C)cc3)cc2)SC1=S. The number of thiocarbonyl (C=S) groups is 1. The third-order valence-corrected chi connectivity index (χ3v) is 6.52. The predicted octanol–water partition coefficient (Wildman–Crippen LogP) is 3.98. The molecule has 1 amide bonds. The van der Waals surface area contributed by atoms with Crippen LogP contribution >= 0.6 is 24.0 Å². The minimum Gasteiger partial charge on any atom is -0.379 e. The normalized spacial score (nSPS) is 16.2. The van der Waals surface area contributed by atoms with Gasteiger partial charge in [-0.25, -0.2) is 0 Å². The molecule has 0 unspecified atom stereocenters. The van der Waals surface area contributed by atoms with E-state index in [1.54, 1.807) is 42.5 Å². The van der Waals surface area contributed by atoms with Gasteiger partial charge < -0.3 is 4.18 Å². The quantitative estimate of drug-likeness (QED) is 0.415. The number of benzene rings is 2. The fraction of sp³-hybridized carbons (Fsp3) is 0.158. The number of likely N-dealkylation sites (N-methyl/N-ethyl adjacent to an activating group) is 1. The van der Waals surface area contributed by atoms with E-state index in [0.29, 0.717) is 15.8 Å². The Morgan fingerprint density at radius 3 is 2.30 bits per heavy atom. The zero-order chi connectivity index (χ0) is 19.6. The van der Waals surface area contributed by atoms with Gasteiger partial charge in [0, 0.05) is 6.54 Å². The van der Waals surface area contributed by atoms with Crippen LogP contribution in [0.1, 0.15) is 18.1 Å². The highest BCUT2D eigenvalue weighted by molar-refractivity contribution is 8.26. The lowest BCUT2D eigenvalue weighted by molar-refractivity contribution is -0.121. The Morgan fingerprint density at radius 1 is 1.11 bits per heavy atom. The summed E-state index contributed by atoms with van der Waals surface area (Å²) in [7, 11) is -3.89. The highest BCUT2D eigenvalue weighted by Gasteiger charge is 2.30. The van der Waals surface area contributed by atoms with Gasteiger partial charge in [-0.3, -0.25) is 9.69 Å². The smallest absolute Gasteiger partial charge is 0.339 e. The van der Waals surface area contributed by atoms with E-state index >= 15 is 0 Å². The molecule has 8 heteroatoms. The second-order valence-corrected chi connectivity index (χ2v) is 9.07. The molecule has 0 atom stereocenters. The van der Waals surface area contributed by atoms with Crippen LogP contribution in [0.15, 0.2) is 58.3 Å². The van der Waals surface area contributed by atoms with Crippen LogP contribution < -0.4 is 4.18 Å². The van der Waals surface area contributed by atoms with E-state index in [1.807, 2.05) is 13.8 Å². The van der Waals surface area contributed by atoms with Gasteiger partial charge in [0.2, 0.25) is 0 Å². The maximum atomic E-state index is 12.3. The van der Waals surface area contributed by atoms with Crippen molar-refractivity contribution in [3.63, 3.8) is 0 Å². The van der Waals surface area contributed by atoms with Crippen molar-refractivity contribution in [3.8, 4) is 5.75 Å². The van der Waals surface area contributed by atoms with Crippen molar-refractivity contribution in [1.82, 2.24) is 4.90 Å². The first kappa shape index (κ1) is 19.6. The van der Waals surface area contributed by atoms with Crippen molar-refractivity contribution in [1.29, 1.82) is 0 Å². The number of hydrogen-bond acceptors (Lipinski definition) is 6. The summed E-state index contributed by atoms with van der Waals surface area (Å²) in [6.07, 6.45) is 1.73. The molecule has 5 nitrogen and oxygen atoms in total. The first-order valence-corrected chi connectivity index (χ1v) is 10.8. The molecule has 2 aromatic rings. The molecule has 1 saturated heterocycles. The summed E-state index contributed by atoms with van der Waals surface area (Å²) >= 11 is 6.44. The van der Waals surface area contributed by atoms with Crippen molar-refractivity contribution in [2.24, 2.45) is 0 Å². The molecule has 1 fully saturated rings. The van der Waals surface area contributed by atoms with E-state index in [9.17, 15) is 13.2 Å². The van der Waals surface area contributed by atoms with Crippen LogP contribution in [-0.2, 0) is 14.9 Å². The molecule has 0 aromatic heterocycles.